The molecule has 5 nitrogen and oxygen atoms in total. The summed E-state index contributed by atoms with van der Waals surface area (Å²) in [6, 6.07) is 8.79. The van der Waals surface area contributed by atoms with Gasteiger partial charge >= 0.3 is 0 Å². The monoisotopic (exact) mass is 400 g/mol. The molecule has 4 rings (SSSR count). The molecule has 0 bridgehead atoms. The first kappa shape index (κ1) is 19.8. The number of carbonyl (C=O) groups excluding carboxylic acids is 1. The van der Waals surface area contributed by atoms with E-state index in [0.29, 0.717) is 11.9 Å². The molecule has 1 saturated carbocycles. The maximum atomic E-state index is 13.0. The summed E-state index contributed by atoms with van der Waals surface area (Å²) in [4.78, 5) is 24.6. The normalized spacial score (nSPS) is 21.1. The van der Waals surface area contributed by atoms with Crippen LogP contribution in [0.4, 0.5) is 0 Å². The molecule has 2 heterocycles. The Labute approximate surface area is 172 Å². The van der Waals surface area contributed by atoms with Gasteiger partial charge in [0.2, 0.25) is 5.91 Å². The molecule has 1 saturated heterocycles. The topological polar surface area (TPSA) is 39.7 Å². The van der Waals surface area contributed by atoms with Crippen molar-refractivity contribution in [2.75, 3.05) is 33.2 Å². The van der Waals surface area contributed by atoms with Crippen molar-refractivity contribution in [1.82, 2.24) is 19.7 Å². The van der Waals surface area contributed by atoms with E-state index in [0.717, 1.165) is 38.2 Å². The number of para-hydroxylation sites is 1. The third-order valence-electron chi connectivity index (χ3n) is 6.48. The highest BCUT2D eigenvalue weighted by Crippen LogP contribution is 2.24. The summed E-state index contributed by atoms with van der Waals surface area (Å²) in [6.45, 7) is 6.91. The van der Waals surface area contributed by atoms with Crippen LogP contribution in [0.15, 0.2) is 24.3 Å². The molecular formula is C22H32N4OS. The highest BCUT2D eigenvalue weighted by Gasteiger charge is 2.30. The average Bonchev–Trinajstić information content (AvgIpc) is 3.15. The van der Waals surface area contributed by atoms with Crippen LogP contribution < -0.4 is 0 Å². The number of likely N-dealkylation sites (N-methyl/N-ethyl adjacent to an activating group) is 1. The zero-order valence-electron chi connectivity index (χ0n) is 17.1. The van der Waals surface area contributed by atoms with Gasteiger partial charge in [-0.15, -0.1) is 11.3 Å². The van der Waals surface area contributed by atoms with E-state index in [1.54, 1.807) is 11.3 Å². The van der Waals surface area contributed by atoms with Crippen LogP contribution >= 0.6 is 11.3 Å². The predicted molar refractivity (Wildman–Crippen MR) is 116 cm³/mol. The Kier molecular flexibility index (Phi) is 6.28. The molecule has 1 aromatic heterocycles. The van der Waals surface area contributed by atoms with Crippen molar-refractivity contribution in [1.29, 1.82) is 0 Å². The smallest absolute Gasteiger partial charge is 0.239 e. The Bertz CT molecular complexity index is 760. The molecule has 1 unspecified atom stereocenters. The Morgan fingerprint density at radius 1 is 1.18 bits per heavy atom. The van der Waals surface area contributed by atoms with Gasteiger partial charge in [-0.3, -0.25) is 14.6 Å². The number of amides is 1. The molecular weight excluding hydrogens is 368 g/mol. The fraction of sp³-hybridized carbons (Fsp3) is 0.636. The third-order valence-corrected chi connectivity index (χ3v) is 7.50. The van der Waals surface area contributed by atoms with E-state index < -0.39 is 0 Å². The zero-order valence-corrected chi connectivity index (χ0v) is 18.0. The fourth-order valence-corrected chi connectivity index (χ4v) is 5.60. The standard InChI is InChI=1S/C22H32N4OS/c1-17(22(27)24(2)18-8-4-3-5-9-18)26-14-12-25(13-15-26)16-21-23-19-10-6-7-11-20(19)28-21/h6-7,10-11,17-18H,3-5,8-9,12-16H2,1-2H3. The molecule has 0 spiro atoms. The summed E-state index contributed by atoms with van der Waals surface area (Å²) in [6.07, 6.45) is 6.20. The summed E-state index contributed by atoms with van der Waals surface area (Å²) in [7, 11) is 2.01. The third kappa shape index (κ3) is 4.39. The average molecular weight is 401 g/mol. The molecule has 1 amide bonds. The van der Waals surface area contributed by atoms with Crippen LogP contribution in [0.1, 0.15) is 44.0 Å². The van der Waals surface area contributed by atoms with Crippen LogP contribution in [-0.2, 0) is 11.3 Å². The Hall–Kier alpha value is -1.50. The number of carbonyl (C=O) groups is 1. The minimum Gasteiger partial charge on any atom is -0.341 e. The first-order chi connectivity index (χ1) is 13.6. The van der Waals surface area contributed by atoms with Crippen LogP contribution in [0.2, 0.25) is 0 Å². The number of aromatic nitrogens is 1. The van der Waals surface area contributed by atoms with Crippen LogP contribution in [0.5, 0.6) is 0 Å². The molecule has 1 aliphatic heterocycles. The van der Waals surface area contributed by atoms with Gasteiger partial charge < -0.3 is 4.90 Å². The van der Waals surface area contributed by atoms with Crippen molar-refractivity contribution in [2.45, 2.75) is 57.7 Å². The lowest BCUT2D eigenvalue weighted by Crippen LogP contribution is -2.55. The first-order valence-electron chi connectivity index (χ1n) is 10.7. The Balaban J connectivity index is 1.28. The maximum Gasteiger partial charge on any atom is 0.239 e. The van der Waals surface area contributed by atoms with E-state index in [1.165, 1.54) is 41.8 Å². The summed E-state index contributed by atoms with van der Waals surface area (Å²) in [5.74, 6) is 0.298. The van der Waals surface area contributed by atoms with E-state index in [4.69, 9.17) is 4.98 Å². The van der Waals surface area contributed by atoms with Gasteiger partial charge in [0, 0.05) is 39.3 Å². The van der Waals surface area contributed by atoms with Gasteiger partial charge in [0.25, 0.3) is 0 Å². The van der Waals surface area contributed by atoms with E-state index >= 15 is 0 Å². The van der Waals surface area contributed by atoms with Gasteiger partial charge in [-0.05, 0) is 31.9 Å². The van der Waals surface area contributed by atoms with Crippen molar-refractivity contribution in [3.63, 3.8) is 0 Å². The summed E-state index contributed by atoms with van der Waals surface area (Å²) >= 11 is 1.80. The summed E-state index contributed by atoms with van der Waals surface area (Å²) < 4.78 is 1.26. The van der Waals surface area contributed by atoms with Gasteiger partial charge in [0.05, 0.1) is 22.8 Å². The van der Waals surface area contributed by atoms with Gasteiger partial charge in [0.15, 0.2) is 0 Å². The van der Waals surface area contributed by atoms with E-state index in [-0.39, 0.29) is 6.04 Å². The van der Waals surface area contributed by atoms with Crippen molar-refractivity contribution >= 4 is 27.5 Å². The SMILES string of the molecule is CC(C(=O)N(C)C1CCCCC1)N1CCN(Cc2nc3ccccc3s2)CC1. The molecule has 0 N–H and O–H groups in total. The number of nitrogens with zero attached hydrogens (tertiary/aromatic N) is 4. The van der Waals surface area contributed by atoms with Crippen LogP contribution in [-0.4, -0.2) is 70.9 Å². The summed E-state index contributed by atoms with van der Waals surface area (Å²) in [5.41, 5.74) is 1.10. The van der Waals surface area contributed by atoms with Crippen molar-refractivity contribution in [3.05, 3.63) is 29.3 Å². The van der Waals surface area contributed by atoms with Gasteiger partial charge in [-0.2, -0.15) is 0 Å². The van der Waals surface area contributed by atoms with Gasteiger partial charge in [-0.25, -0.2) is 4.98 Å². The Morgan fingerprint density at radius 2 is 1.89 bits per heavy atom. The van der Waals surface area contributed by atoms with Crippen LogP contribution in [0, 0.1) is 0 Å². The molecule has 1 aliphatic carbocycles. The summed E-state index contributed by atoms with van der Waals surface area (Å²) in [5, 5.41) is 1.19. The van der Waals surface area contributed by atoms with Crippen LogP contribution in [0.3, 0.4) is 0 Å². The lowest BCUT2D eigenvalue weighted by Gasteiger charge is -2.40. The zero-order chi connectivity index (χ0) is 19.5. The van der Waals surface area contributed by atoms with E-state index in [2.05, 4.69) is 34.9 Å². The van der Waals surface area contributed by atoms with E-state index in [1.807, 2.05) is 18.0 Å². The van der Waals surface area contributed by atoms with E-state index in [9.17, 15) is 4.79 Å². The number of thiazole rings is 1. The maximum absolute atomic E-state index is 13.0. The quantitative estimate of drug-likeness (QED) is 0.769. The lowest BCUT2D eigenvalue weighted by atomic mass is 9.94. The Morgan fingerprint density at radius 3 is 2.61 bits per heavy atom. The number of rotatable bonds is 5. The number of fused-ring (bicyclic) bond motifs is 1. The molecule has 1 aromatic carbocycles. The first-order valence-corrected chi connectivity index (χ1v) is 11.5. The molecule has 152 valence electrons. The molecule has 2 aliphatic rings. The largest absolute Gasteiger partial charge is 0.341 e. The molecule has 28 heavy (non-hydrogen) atoms. The molecule has 0 radical (unpaired) electrons. The molecule has 1 atom stereocenters. The number of hydrogen-bond acceptors (Lipinski definition) is 5. The number of hydrogen-bond donors (Lipinski definition) is 0. The predicted octanol–water partition coefficient (Wildman–Crippen LogP) is 3.59. The fourth-order valence-electron chi connectivity index (χ4n) is 4.59. The van der Waals surface area contributed by atoms with Crippen LogP contribution in [0.25, 0.3) is 10.2 Å². The molecule has 2 aromatic rings. The second-order valence-electron chi connectivity index (χ2n) is 8.30. The highest BCUT2D eigenvalue weighted by molar-refractivity contribution is 7.18. The van der Waals surface area contributed by atoms with Gasteiger partial charge in [0.1, 0.15) is 5.01 Å². The van der Waals surface area contributed by atoms with Crippen molar-refractivity contribution < 1.29 is 4.79 Å². The van der Waals surface area contributed by atoms with Crippen molar-refractivity contribution in [3.8, 4) is 0 Å². The molecule has 2 fully saturated rings. The second kappa shape index (κ2) is 8.89. The minimum absolute atomic E-state index is 0.0171. The van der Waals surface area contributed by atoms with Crippen molar-refractivity contribution in [2.24, 2.45) is 0 Å². The number of benzene rings is 1. The molecule has 6 heteroatoms. The highest BCUT2D eigenvalue weighted by atomic mass is 32.1. The second-order valence-corrected chi connectivity index (χ2v) is 9.42. The van der Waals surface area contributed by atoms with Gasteiger partial charge in [-0.1, -0.05) is 31.4 Å². The lowest BCUT2D eigenvalue weighted by molar-refractivity contribution is -0.138. The minimum atomic E-state index is -0.0171. The number of piperazine rings is 1.